The SMILES string of the molecule is COC(=O)c1ccnc(NCCNC(=O)N(C)C)c1N. The first-order valence-electron chi connectivity index (χ1n) is 5.99. The van der Waals surface area contributed by atoms with Crippen LogP contribution in [0.4, 0.5) is 16.3 Å². The van der Waals surface area contributed by atoms with Crippen molar-refractivity contribution in [2.45, 2.75) is 0 Å². The number of nitrogen functional groups attached to an aromatic ring is 1. The second kappa shape index (κ2) is 7.17. The molecule has 1 heterocycles. The van der Waals surface area contributed by atoms with Crippen molar-refractivity contribution in [1.29, 1.82) is 0 Å². The third-order valence-electron chi connectivity index (χ3n) is 2.50. The van der Waals surface area contributed by atoms with Gasteiger partial charge in [0, 0.05) is 33.4 Å². The van der Waals surface area contributed by atoms with E-state index < -0.39 is 5.97 Å². The monoisotopic (exact) mass is 281 g/mol. The molecular weight excluding hydrogens is 262 g/mol. The second-order valence-corrected chi connectivity index (χ2v) is 4.17. The highest BCUT2D eigenvalue weighted by Crippen LogP contribution is 2.20. The normalized spacial score (nSPS) is 9.75. The molecule has 8 heteroatoms. The van der Waals surface area contributed by atoms with E-state index in [1.54, 1.807) is 14.1 Å². The van der Waals surface area contributed by atoms with Gasteiger partial charge in [0.2, 0.25) is 0 Å². The molecule has 0 aliphatic heterocycles. The van der Waals surface area contributed by atoms with Gasteiger partial charge in [0.25, 0.3) is 0 Å². The number of nitrogens with one attached hydrogen (secondary N) is 2. The number of nitrogens with zero attached hydrogens (tertiary/aromatic N) is 2. The highest BCUT2D eigenvalue weighted by Gasteiger charge is 2.13. The Morgan fingerprint density at radius 2 is 2.10 bits per heavy atom. The highest BCUT2D eigenvalue weighted by molar-refractivity contribution is 5.97. The Morgan fingerprint density at radius 1 is 1.40 bits per heavy atom. The number of methoxy groups -OCH3 is 1. The lowest BCUT2D eigenvalue weighted by Gasteiger charge is -2.13. The maximum atomic E-state index is 11.5. The average Bonchev–Trinajstić information content (AvgIpc) is 2.43. The number of carbonyl (C=O) groups is 2. The molecule has 20 heavy (non-hydrogen) atoms. The van der Waals surface area contributed by atoms with E-state index in [4.69, 9.17) is 5.73 Å². The van der Waals surface area contributed by atoms with Crippen molar-refractivity contribution in [2.75, 3.05) is 45.3 Å². The first-order valence-corrected chi connectivity index (χ1v) is 5.99. The lowest BCUT2D eigenvalue weighted by molar-refractivity contribution is 0.0602. The minimum Gasteiger partial charge on any atom is -0.465 e. The fourth-order valence-electron chi connectivity index (χ4n) is 1.41. The van der Waals surface area contributed by atoms with Crippen LogP contribution < -0.4 is 16.4 Å². The standard InChI is InChI=1S/C12H19N5O3/c1-17(2)12(19)16-7-6-15-10-9(13)8(4-5-14-10)11(18)20-3/h4-5H,6-7,13H2,1-3H3,(H,14,15)(H,16,19). The molecular formula is C12H19N5O3. The number of nitrogens with two attached hydrogens (primary N) is 1. The van der Waals surface area contributed by atoms with E-state index in [1.165, 1.54) is 24.3 Å². The zero-order chi connectivity index (χ0) is 15.1. The van der Waals surface area contributed by atoms with Gasteiger partial charge in [0.05, 0.1) is 18.4 Å². The number of carbonyl (C=O) groups excluding carboxylic acids is 2. The van der Waals surface area contributed by atoms with Crippen LogP contribution in [-0.2, 0) is 4.74 Å². The van der Waals surface area contributed by atoms with Gasteiger partial charge in [-0.25, -0.2) is 14.6 Å². The Kier molecular flexibility index (Phi) is 5.57. The number of pyridine rings is 1. The van der Waals surface area contributed by atoms with Crippen LogP contribution in [0, 0.1) is 0 Å². The summed E-state index contributed by atoms with van der Waals surface area (Å²) in [6.07, 6.45) is 1.46. The summed E-state index contributed by atoms with van der Waals surface area (Å²) in [5.74, 6) is -0.138. The van der Waals surface area contributed by atoms with Gasteiger partial charge in [0.15, 0.2) is 0 Å². The van der Waals surface area contributed by atoms with Crippen molar-refractivity contribution in [3.05, 3.63) is 17.8 Å². The number of hydrogen-bond donors (Lipinski definition) is 3. The van der Waals surface area contributed by atoms with E-state index in [-0.39, 0.29) is 17.3 Å². The Balaban J connectivity index is 2.57. The van der Waals surface area contributed by atoms with E-state index in [9.17, 15) is 9.59 Å². The van der Waals surface area contributed by atoms with Crippen LogP contribution in [0.5, 0.6) is 0 Å². The summed E-state index contributed by atoms with van der Waals surface area (Å²) in [4.78, 5) is 28.2. The number of ether oxygens (including phenoxy) is 1. The molecule has 0 spiro atoms. The molecule has 1 aromatic heterocycles. The largest absolute Gasteiger partial charge is 0.465 e. The molecule has 0 radical (unpaired) electrons. The van der Waals surface area contributed by atoms with Gasteiger partial charge in [-0.15, -0.1) is 0 Å². The molecule has 4 N–H and O–H groups in total. The summed E-state index contributed by atoms with van der Waals surface area (Å²) < 4.78 is 4.62. The van der Waals surface area contributed by atoms with Crippen molar-refractivity contribution < 1.29 is 14.3 Å². The zero-order valence-electron chi connectivity index (χ0n) is 11.8. The van der Waals surface area contributed by atoms with Gasteiger partial charge in [-0.3, -0.25) is 0 Å². The Bertz CT molecular complexity index is 490. The maximum absolute atomic E-state index is 11.5. The number of hydrogen-bond acceptors (Lipinski definition) is 6. The van der Waals surface area contributed by atoms with Gasteiger partial charge in [-0.1, -0.05) is 0 Å². The minimum absolute atomic E-state index is 0.184. The van der Waals surface area contributed by atoms with E-state index >= 15 is 0 Å². The predicted octanol–water partition coefficient (Wildman–Crippen LogP) is 0.134. The molecule has 8 nitrogen and oxygen atoms in total. The van der Waals surface area contributed by atoms with Crippen LogP contribution in [0.3, 0.4) is 0 Å². The molecule has 0 aliphatic carbocycles. The average molecular weight is 281 g/mol. The third-order valence-corrected chi connectivity index (χ3v) is 2.50. The van der Waals surface area contributed by atoms with Crippen LogP contribution in [0.2, 0.25) is 0 Å². The summed E-state index contributed by atoms with van der Waals surface area (Å²) in [5, 5.41) is 5.63. The molecule has 1 aromatic rings. The number of urea groups is 1. The number of aromatic nitrogens is 1. The number of amides is 2. The Morgan fingerprint density at radius 3 is 2.70 bits per heavy atom. The zero-order valence-corrected chi connectivity index (χ0v) is 11.8. The summed E-state index contributed by atoms with van der Waals surface area (Å²) in [6, 6.07) is 1.30. The van der Waals surface area contributed by atoms with E-state index in [0.717, 1.165) is 0 Å². The fraction of sp³-hybridized carbons (Fsp3) is 0.417. The number of rotatable bonds is 5. The van der Waals surface area contributed by atoms with Crippen LogP contribution >= 0.6 is 0 Å². The van der Waals surface area contributed by atoms with Crippen molar-refractivity contribution >= 4 is 23.5 Å². The van der Waals surface area contributed by atoms with E-state index in [0.29, 0.717) is 18.9 Å². The lowest BCUT2D eigenvalue weighted by atomic mass is 10.2. The van der Waals surface area contributed by atoms with Gasteiger partial charge in [-0.2, -0.15) is 0 Å². The third kappa shape index (κ3) is 4.01. The molecule has 0 aliphatic rings. The first kappa shape index (κ1) is 15.5. The maximum Gasteiger partial charge on any atom is 0.340 e. The van der Waals surface area contributed by atoms with Crippen molar-refractivity contribution in [3.63, 3.8) is 0 Å². The molecule has 0 atom stereocenters. The highest BCUT2D eigenvalue weighted by atomic mass is 16.5. The summed E-state index contributed by atoms with van der Waals surface area (Å²) in [7, 11) is 4.59. The molecule has 0 saturated carbocycles. The van der Waals surface area contributed by atoms with Crippen LogP contribution in [0.1, 0.15) is 10.4 Å². The summed E-state index contributed by atoms with van der Waals surface area (Å²) in [6.45, 7) is 0.835. The van der Waals surface area contributed by atoms with Gasteiger partial charge in [0.1, 0.15) is 5.82 Å². The fourth-order valence-corrected chi connectivity index (χ4v) is 1.41. The summed E-state index contributed by atoms with van der Waals surface area (Å²) >= 11 is 0. The summed E-state index contributed by atoms with van der Waals surface area (Å²) in [5.41, 5.74) is 6.30. The van der Waals surface area contributed by atoms with Crippen LogP contribution in [0.25, 0.3) is 0 Å². The molecule has 0 aromatic carbocycles. The topological polar surface area (TPSA) is 110 Å². The van der Waals surface area contributed by atoms with E-state index in [2.05, 4.69) is 20.4 Å². The quantitative estimate of drug-likeness (QED) is 0.523. The van der Waals surface area contributed by atoms with E-state index in [1.807, 2.05) is 0 Å². The molecule has 0 saturated heterocycles. The predicted molar refractivity (Wildman–Crippen MR) is 75.6 cm³/mol. The lowest BCUT2D eigenvalue weighted by Crippen LogP contribution is -2.37. The minimum atomic E-state index is -0.520. The Labute approximate surface area is 117 Å². The second-order valence-electron chi connectivity index (χ2n) is 4.17. The van der Waals surface area contributed by atoms with Gasteiger partial charge >= 0.3 is 12.0 Å². The van der Waals surface area contributed by atoms with Crippen molar-refractivity contribution in [3.8, 4) is 0 Å². The Hall–Kier alpha value is -2.51. The molecule has 0 fully saturated rings. The molecule has 110 valence electrons. The molecule has 1 rings (SSSR count). The van der Waals surface area contributed by atoms with Gasteiger partial charge < -0.3 is 26.0 Å². The number of esters is 1. The smallest absolute Gasteiger partial charge is 0.340 e. The van der Waals surface area contributed by atoms with Crippen molar-refractivity contribution in [2.24, 2.45) is 0 Å². The number of anilines is 2. The van der Waals surface area contributed by atoms with Crippen LogP contribution in [0.15, 0.2) is 12.3 Å². The van der Waals surface area contributed by atoms with Gasteiger partial charge in [-0.05, 0) is 6.07 Å². The first-order chi connectivity index (χ1) is 9.47. The van der Waals surface area contributed by atoms with Crippen molar-refractivity contribution in [1.82, 2.24) is 15.2 Å². The molecule has 0 bridgehead atoms. The van der Waals surface area contributed by atoms with Crippen LogP contribution in [-0.4, -0.2) is 56.2 Å². The molecule has 0 unspecified atom stereocenters. The molecule has 2 amide bonds.